The third-order valence-electron chi connectivity index (χ3n) is 2.71. The number of aldehydes is 1. The highest BCUT2D eigenvalue weighted by atomic mass is 16.5. The fourth-order valence-corrected chi connectivity index (χ4v) is 1.79. The molecule has 1 aromatic heterocycles. The van der Waals surface area contributed by atoms with Crippen LogP contribution in [0.2, 0.25) is 0 Å². The number of anilines is 1. The fraction of sp³-hybridized carbons (Fsp3) is 0.214. The van der Waals surface area contributed by atoms with Gasteiger partial charge in [0.05, 0.1) is 5.56 Å². The summed E-state index contributed by atoms with van der Waals surface area (Å²) >= 11 is 0. The van der Waals surface area contributed by atoms with Crippen molar-refractivity contribution in [2.24, 2.45) is 0 Å². The molecule has 3 N–H and O–H groups in total. The van der Waals surface area contributed by atoms with Crippen LogP contribution in [0.4, 0.5) is 5.82 Å². The Bertz CT molecular complexity index is 679. The molecule has 0 aliphatic carbocycles. The van der Waals surface area contributed by atoms with E-state index in [0.717, 1.165) is 11.3 Å². The van der Waals surface area contributed by atoms with Gasteiger partial charge in [-0.05, 0) is 31.5 Å². The lowest BCUT2D eigenvalue weighted by Crippen LogP contribution is -2.20. The molecule has 7 nitrogen and oxygen atoms in total. The Morgan fingerprint density at radius 3 is 2.81 bits per heavy atom. The second-order valence-electron chi connectivity index (χ2n) is 4.59. The van der Waals surface area contributed by atoms with Gasteiger partial charge in [0.15, 0.2) is 18.7 Å². The minimum absolute atomic E-state index is 0.0176. The average Bonchev–Trinajstić information content (AvgIpc) is 2.81. The number of phenols is 1. The van der Waals surface area contributed by atoms with Gasteiger partial charge in [0.2, 0.25) is 0 Å². The molecule has 110 valence electrons. The first-order chi connectivity index (χ1) is 9.99. The monoisotopic (exact) mass is 289 g/mol. The lowest BCUT2D eigenvalue weighted by Gasteiger charge is -2.10. The van der Waals surface area contributed by atoms with Crippen molar-refractivity contribution >= 4 is 18.0 Å². The highest BCUT2D eigenvalue weighted by Gasteiger charge is 2.12. The van der Waals surface area contributed by atoms with Crippen LogP contribution in [0.3, 0.4) is 0 Å². The molecule has 1 heterocycles. The topological polar surface area (TPSA) is 104 Å². The number of carbonyl (C=O) groups excluding carboxylic acids is 2. The highest BCUT2D eigenvalue weighted by Crippen LogP contribution is 2.27. The van der Waals surface area contributed by atoms with Gasteiger partial charge in [-0.3, -0.25) is 14.7 Å². The molecule has 0 saturated heterocycles. The fourth-order valence-electron chi connectivity index (χ4n) is 1.79. The molecule has 0 aliphatic rings. The number of aryl methyl sites for hydroxylation is 2. The number of amides is 1. The Hall–Kier alpha value is -2.83. The Morgan fingerprint density at radius 1 is 1.43 bits per heavy atom. The minimum atomic E-state index is -0.417. The van der Waals surface area contributed by atoms with Crippen LogP contribution in [0.15, 0.2) is 18.2 Å². The van der Waals surface area contributed by atoms with Crippen molar-refractivity contribution in [3.8, 4) is 11.5 Å². The van der Waals surface area contributed by atoms with E-state index in [2.05, 4.69) is 15.5 Å². The van der Waals surface area contributed by atoms with Gasteiger partial charge in [-0.2, -0.15) is 5.10 Å². The molecular weight excluding hydrogens is 274 g/mol. The molecule has 0 aliphatic heterocycles. The Morgan fingerprint density at radius 2 is 2.19 bits per heavy atom. The van der Waals surface area contributed by atoms with Gasteiger partial charge in [-0.15, -0.1) is 0 Å². The maximum Gasteiger partial charge on any atom is 0.263 e. The van der Waals surface area contributed by atoms with Crippen LogP contribution in [0.25, 0.3) is 0 Å². The van der Waals surface area contributed by atoms with Gasteiger partial charge in [0, 0.05) is 11.8 Å². The molecule has 0 bridgehead atoms. The van der Waals surface area contributed by atoms with Crippen LogP contribution in [0, 0.1) is 13.8 Å². The van der Waals surface area contributed by atoms with E-state index in [1.807, 2.05) is 6.92 Å². The summed E-state index contributed by atoms with van der Waals surface area (Å²) in [5, 5.41) is 18.8. The van der Waals surface area contributed by atoms with Crippen molar-refractivity contribution in [2.75, 3.05) is 11.9 Å². The zero-order valence-corrected chi connectivity index (χ0v) is 11.6. The lowest BCUT2D eigenvalue weighted by atomic mass is 10.1. The summed E-state index contributed by atoms with van der Waals surface area (Å²) in [6, 6.07) is 4.70. The van der Waals surface area contributed by atoms with E-state index in [-0.39, 0.29) is 23.7 Å². The van der Waals surface area contributed by atoms with Crippen molar-refractivity contribution in [2.45, 2.75) is 13.8 Å². The molecule has 21 heavy (non-hydrogen) atoms. The molecule has 0 unspecified atom stereocenters. The van der Waals surface area contributed by atoms with Gasteiger partial charge in [0.1, 0.15) is 11.5 Å². The van der Waals surface area contributed by atoms with Crippen LogP contribution in [0.1, 0.15) is 21.6 Å². The number of aromatic nitrogens is 2. The number of aromatic amines is 1. The number of ether oxygens (including phenoxy) is 1. The predicted molar refractivity (Wildman–Crippen MR) is 75.7 cm³/mol. The normalized spacial score (nSPS) is 10.2. The van der Waals surface area contributed by atoms with E-state index >= 15 is 0 Å². The van der Waals surface area contributed by atoms with Crippen LogP contribution in [-0.2, 0) is 4.79 Å². The molecule has 0 fully saturated rings. The van der Waals surface area contributed by atoms with Gasteiger partial charge in [0.25, 0.3) is 5.91 Å². The zero-order valence-electron chi connectivity index (χ0n) is 11.6. The van der Waals surface area contributed by atoms with Crippen molar-refractivity contribution in [3.05, 3.63) is 35.0 Å². The number of phenolic OH excluding ortho intramolecular Hbond substituents is 1. The molecule has 0 atom stereocenters. The van der Waals surface area contributed by atoms with Gasteiger partial charge in [-0.1, -0.05) is 0 Å². The maximum atomic E-state index is 11.7. The molecule has 2 rings (SSSR count). The summed E-state index contributed by atoms with van der Waals surface area (Å²) in [7, 11) is 0. The van der Waals surface area contributed by atoms with Crippen LogP contribution in [0.5, 0.6) is 11.5 Å². The molecule has 7 heteroatoms. The first-order valence-electron chi connectivity index (χ1n) is 6.23. The van der Waals surface area contributed by atoms with Crippen LogP contribution < -0.4 is 10.1 Å². The number of rotatable bonds is 5. The maximum absolute atomic E-state index is 11.7. The Labute approximate surface area is 120 Å². The van der Waals surface area contributed by atoms with Crippen LogP contribution >= 0.6 is 0 Å². The molecule has 1 amide bonds. The summed E-state index contributed by atoms with van der Waals surface area (Å²) in [6.07, 6.45) is 0.485. The van der Waals surface area contributed by atoms with Crippen LogP contribution in [-0.4, -0.2) is 34.1 Å². The number of nitrogens with zero attached hydrogens (tertiary/aromatic N) is 1. The Balaban J connectivity index is 2.02. The van der Waals surface area contributed by atoms with E-state index < -0.39 is 5.91 Å². The molecular formula is C14H15N3O4. The number of nitrogens with one attached hydrogen (secondary N) is 2. The molecule has 2 aromatic rings. The van der Waals surface area contributed by atoms with E-state index in [1.54, 1.807) is 19.1 Å². The van der Waals surface area contributed by atoms with Gasteiger partial charge in [-0.25, -0.2) is 0 Å². The first kappa shape index (κ1) is 14.6. The summed E-state index contributed by atoms with van der Waals surface area (Å²) < 4.78 is 5.29. The average molecular weight is 289 g/mol. The Kier molecular flexibility index (Phi) is 4.22. The van der Waals surface area contributed by atoms with E-state index in [1.165, 1.54) is 6.07 Å². The summed E-state index contributed by atoms with van der Waals surface area (Å²) in [5.74, 6) is -0.0395. The highest BCUT2D eigenvalue weighted by molar-refractivity contribution is 5.91. The molecule has 0 radical (unpaired) electrons. The van der Waals surface area contributed by atoms with E-state index in [4.69, 9.17) is 4.74 Å². The van der Waals surface area contributed by atoms with E-state index in [0.29, 0.717) is 12.1 Å². The van der Waals surface area contributed by atoms with Crippen molar-refractivity contribution < 1.29 is 19.4 Å². The number of hydrogen-bond donors (Lipinski definition) is 3. The number of carbonyl (C=O) groups is 2. The van der Waals surface area contributed by atoms with Gasteiger partial charge < -0.3 is 15.2 Å². The molecule has 0 saturated carbocycles. The lowest BCUT2D eigenvalue weighted by molar-refractivity contribution is -0.118. The first-order valence-corrected chi connectivity index (χ1v) is 6.23. The summed E-state index contributed by atoms with van der Waals surface area (Å²) in [4.78, 5) is 22.7. The summed E-state index contributed by atoms with van der Waals surface area (Å²) in [6.45, 7) is 3.26. The third-order valence-corrected chi connectivity index (χ3v) is 2.71. The van der Waals surface area contributed by atoms with Crippen molar-refractivity contribution in [1.29, 1.82) is 0 Å². The quantitative estimate of drug-likeness (QED) is 0.725. The largest absolute Gasteiger partial charge is 0.507 e. The number of aromatic hydroxyl groups is 1. The van der Waals surface area contributed by atoms with E-state index in [9.17, 15) is 14.7 Å². The molecule has 1 aromatic carbocycles. The van der Waals surface area contributed by atoms with Crippen molar-refractivity contribution in [3.63, 3.8) is 0 Å². The van der Waals surface area contributed by atoms with Crippen molar-refractivity contribution in [1.82, 2.24) is 10.2 Å². The number of H-pyrrole nitrogens is 1. The zero-order chi connectivity index (χ0) is 15.4. The molecule has 0 spiro atoms. The summed E-state index contributed by atoms with van der Waals surface area (Å²) in [5.41, 5.74) is 1.55. The smallest absolute Gasteiger partial charge is 0.263 e. The minimum Gasteiger partial charge on any atom is -0.507 e. The second kappa shape index (κ2) is 6.08. The number of hydrogen-bond acceptors (Lipinski definition) is 5. The van der Waals surface area contributed by atoms with Gasteiger partial charge >= 0.3 is 0 Å². The third kappa shape index (κ3) is 3.59. The second-order valence-corrected chi connectivity index (χ2v) is 4.59. The number of benzene rings is 1. The standard InChI is InChI=1S/C14H15N3O4/c1-8-3-11(19)10(6-18)12(4-8)21-7-14(20)15-13-5-9(2)16-17-13/h3-6,19H,7H2,1-2H3,(H2,15,16,17,20). The SMILES string of the molecule is Cc1cc(O)c(C=O)c(OCC(=O)Nc2cc(C)[nH]n2)c1. The predicted octanol–water partition coefficient (Wildman–Crippen LogP) is 1.56.